The Morgan fingerprint density at radius 1 is 1.27 bits per heavy atom. The molecule has 0 amide bonds. The lowest BCUT2D eigenvalue weighted by Gasteiger charge is -2.25. The topological polar surface area (TPSA) is 15.3 Å². The number of hydrogen-bond donors (Lipinski definition) is 1. The number of hydrogen-bond acceptors (Lipinski definition) is 2. The third kappa shape index (κ3) is 3.34. The van der Waals surface area contributed by atoms with Gasteiger partial charge in [-0.15, -0.1) is 0 Å². The maximum absolute atomic E-state index is 12.6. The third-order valence-electron chi connectivity index (χ3n) is 3.15. The molecule has 1 saturated heterocycles. The van der Waals surface area contributed by atoms with Crippen LogP contribution >= 0.6 is 0 Å². The smallest absolute Gasteiger partial charge is 0.315 e. The van der Waals surface area contributed by atoms with E-state index in [2.05, 4.69) is 5.32 Å². The van der Waals surface area contributed by atoms with Crippen molar-refractivity contribution in [2.24, 2.45) is 11.8 Å². The van der Waals surface area contributed by atoms with E-state index in [0.717, 1.165) is 13.1 Å². The van der Waals surface area contributed by atoms with Gasteiger partial charge in [-0.2, -0.15) is 13.2 Å². The van der Waals surface area contributed by atoms with E-state index < -0.39 is 12.1 Å². The molecule has 0 bridgehead atoms. The Kier molecular flexibility index (Phi) is 3.21. The van der Waals surface area contributed by atoms with Crippen molar-refractivity contribution in [3.05, 3.63) is 0 Å². The molecule has 2 nitrogen and oxygen atoms in total. The fraction of sp³-hybridized carbons (Fsp3) is 1.00. The van der Waals surface area contributed by atoms with Crippen LogP contribution in [-0.2, 0) is 0 Å². The van der Waals surface area contributed by atoms with Gasteiger partial charge in [-0.1, -0.05) is 0 Å². The minimum atomic E-state index is -4.06. The summed E-state index contributed by atoms with van der Waals surface area (Å²) in [5, 5.41) is 2.87. The maximum atomic E-state index is 12.6. The van der Waals surface area contributed by atoms with Crippen LogP contribution in [0.1, 0.15) is 12.8 Å². The second kappa shape index (κ2) is 4.29. The van der Waals surface area contributed by atoms with Crippen LogP contribution < -0.4 is 5.32 Å². The van der Waals surface area contributed by atoms with Crippen molar-refractivity contribution in [3.63, 3.8) is 0 Å². The van der Waals surface area contributed by atoms with E-state index in [9.17, 15) is 13.2 Å². The molecule has 1 heterocycles. The summed E-state index contributed by atoms with van der Waals surface area (Å²) < 4.78 is 37.7. The predicted molar refractivity (Wildman–Crippen MR) is 51.6 cm³/mol. The van der Waals surface area contributed by atoms with Gasteiger partial charge >= 0.3 is 6.18 Å². The van der Waals surface area contributed by atoms with Gasteiger partial charge in [0.15, 0.2) is 0 Å². The first-order valence-electron chi connectivity index (χ1n) is 5.55. The normalized spacial score (nSPS) is 30.2. The SMILES string of the molecule is FC(F)(F)C1CNCCN(CC2CC2)C1. The molecule has 0 aromatic rings. The molecule has 0 aromatic carbocycles. The van der Waals surface area contributed by atoms with Gasteiger partial charge in [0.1, 0.15) is 0 Å². The Bertz CT molecular complexity index is 213. The summed E-state index contributed by atoms with van der Waals surface area (Å²) in [4.78, 5) is 1.97. The molecule has 15 heavy (non-hydrogen) atoms. The van der Waals surface area contributed by atoms with E-state index in [1.165, 1.54) is 12.8 Å². The molecule has 2 fully saturated rings. The molecule has 1 N–H and O–H groups in total. The highest BCUT2D eigenvalue weighted by Crippen LogP contribution is 2.32. The van der Waals surface area contributed by atoms with Crippen molar-refractivity contribution >= 4 is 0 Å². The molecular formula is C10H17F3N2. The van der Waals surface area contributed by atoms with Crippen LogP contribution in [0.2, 0.25) is 0 Å². The van der Waals surface area contributed by atoms with Gasteiger partial charge in [0.05, 0.1) is 5.92 Å². The minimum absolute atomic E-state index is 0.0741. The summed E-state index contributed by atoms with van der Waals surface area (Å²) >= 11 is 0. The zero-order valence-electron chi connectivity index (χ0n) is 8.69. The van der Waals surface area contributed by atoms with Gasteiger partial charge in [-0.3, -0.25) is 0 Å². The molecule has 1 atom stereocenters. The number of nitrogens with zero attached hydrogens (tertiary/aromatic N) is 1. The Labute approximate surface area is 87.8 Å². The molecule has 2 aliphatic rings. The van der Waals surface area contributed by atoms with Gasteiger partial charge in [0, 0.05) is 32.7 Å². The Balaban J connectivity index is 1.89. The maximum Gasteiger partial charge on any atom is 0.394 e. The number of nitrogens with one attached hydrogen (secondary N) is 1. The Morgan fingerprint density at radius 3 is 2.60 bits per heavy atom. The first-order valence-corrected chi connectivity index (χ1v) is 5.55. The summed E-state index contributed by atoms with van der Waals surface area (Å²) in [7, 11) is 0. The van der Waals surface area contributed by atoms with Gasteiger partial charge in [-0.05, 0) is 18.8 Å². The Morgan fingerprint density at radius 2 is 2.00 bits per heavy atom. The summed E-state index contributed by atoms with van der Waals surface area (Å²) in [5.41, 5.74) is 0. The van der Waals surface area contributed by atoms with Crippen molar-refractivity contribution in [2.45, 2.75) is 19.0 Å². The Hall–Kier alpha value is -0.290. The van der Waals surface area contributed by atoms with E-state index >= 15 is 0 Å². The largest absolute Gasteiger partial charge is 0.394 e. The van der Waals surface area contributed by atoms with Gasteiger partial charge in [0.2, 0.25) is 0 Å². The molecule has 5 heteroatoms. The molecule has 1 aliphatic heterocycles. The minimum Gasteiger partial charge on any atom is -0.315 e. The van der Waals surface area contributed by atoms with Crippen LogP contribution in [0.3, 0.4) is 0 Å². The van der Waals surface area contributed by atoms with Crippen LogP contribution in [-0.4, -0.2) is 43.8 Å². The summed E-state index contributed by atoms with van der Waals surface area (Å²) in [6, 6.07) is 0. The third-order valence-corrected chi connectivity index (χ3v) is 3.15. The number of halogens is 3. The second-order valence-electron chi connectivity index (χ2n) is 4.65. The van der Waals surface area contributed by atoms with Crippen LogP contribution in [0.4, 0.5) is 13.2 Å². The first-order chi connectivity index (χ1) is 7.05. The lowest BCUT2D eigenvalue weighted by molar-refractivity contribution is -0.175. The average Bonchev–Trinajstić information content (AvgIpc) is 2.91. The highest BCUT2D eigenvalue weighted by molar-refractivity contribution is 4.83. The number of alkyl halides is 3. The highest BCUT2D eigenvalue weighted by atomic mass is 19.4. The van der Waals surface area contributed by atoms with Crippen molar-refractivity contribution in [2.75, 3.05) is 32.7 Å². The van der Waals surface area contributed by atoms with E-state index in [4.69, 9.17) is 0 Å². The summed E-state index contributed by atoms with van der Waals surface area (Å²) in [5.74, 6) is -0.532. The van der Waals surface area contributed by atoms with Crippen LogP contribution in [0.15, 0.2) is 0 Å². The molecular weight excluding hydrogens is 205 g/mol. The van der Waals surface area contributed by atoms with Gasteiger partial charge in [0.25, 0.3) is 0 Å². The van der Waals surface area contributed by atoms with Gasteiger partial charge < -0.3 is 10.2 Å². The zero-order valence-corrected chi connectivity index (χ0v) is 8.69. The quantitative estimate of drug-likeness (QED) is 0.761. The van der Waals surface area contributed by atoms with E-state index in [0.29, 0.717) is 12.5 Å². The first kappa shape index (κ1) is 11.2. The zero-order chi connectivity index (χ0) is 10.9. The standard InChI is InChI=1S/C10H17F3N2/c11-10(12,13)9-5-14-3-4-15(7-9)6-8-1-2-8/h8-9,14H,1-7H2. The molecule has 0 spiro atoms. The monoisotopic (exact) mass is 222 g/mol. The van der Waals surface area contributed by atoms with E-state index in [1.807, 2.05) is 4.90 Å². The molecule has 0 aromatic heterocycles. The van der Waals surface area contributed by atoms with E-state index in [1.54, 1.807) is 0 Å². The lowest BCUT2D eigenvalue weighted by atomic mass is 10.1. The summed E-state index contributed by atoms with van der Waals surface area (Å²) in [6.45, 7) is 2.54. The van der Waals surface area contributed by atoms with Crippen LogP contribution in [0, 0.1) is 11.8 Å². The number of rotatable bonds is 2. The van der Waals surface area contributed by atoms with E-state index in [-0.39, 0.29) is 13.1 Å². The molecule has 0 radical (unpaired) electrons. The molecule has 88 valence electrons. The molecule has 1 aliphatic carbocycles. The molecule has 1 saturated carbocycles. The summed E-state index contributed by atoms with van der Waals surface area (Å²) in [6.07, 6.45) is -1.67. The van der Waals surface area contributed by atoms with Crippen molar-refractivity contribution in [1.82, 2.24) is 10.2 Å². The van der Waals surface area contributed by atoms with Gasteiger partial charge in [-0.25, -0.2) is 0 Å². The van der Waals surface area contributed by atoms with Crippen LogP contribution in [0.25, 0.3) is 0 Å². The lowest BCUT2D eigenvalue weighted by Crippen LogP contribution is -2.38. The molecule has 1 unspecified atom stereocenters. The van der Waals surface area contributed by atoms with Crippen molar-refractivity contribution in [3.8, 4) is 0 Å². The van der Waals surface area contributed by atoms with Crippen LogP contribution in [0.5, 0.6) is 0 Å². The predicted octanol–water partition coefficient (Wildman–Crippen LogP) is 1.48. The fourth-order valence-corrected chi connectivity index (χ4v) is 2.03. The average molecular weight is 222 g/mol. The molecule has 2 rings (SSSR count). The highest BCUT2D eigenvalue weighted by Gasteiger charge is 2.41. The van der Waals surface area contributed by atoms with Crippen molar-refractivity contribution < 1.29 is 13.2 Å². The van der Waals surface area contributed by atoms with Crippen molar-refractivity contribution in [1.29, 1.82) is 0 Å². The second-order valence-corrected chi connectivity index (χ2v) is 4.65. The fourth-order valence-electron chi connectivity index (χ4n) is 2.03.